The molecule has 6 heteroatoms. The predicted octanol–water partition coefficient (Wildman–Crippen LogP) is 2.36. The van der Waals surface area contributed by atoms with Crippen molar-refractivity contribution in [1.29, 1.82) is 0 Å². The quantitative estimate of drug-likeness (QED) is 0.451. The molecule has 1 fully saturated rings. The molecule has 150 valence electrons. The Bertz CT molecular complexity index is 605. The number of rotatable bonds is 7. The van der Waals surface area contributed by atoms with E-state index in [1.165, 1.54) is 5.56 Å². The molecule has 0 saturated carbocycles. The Morgan fingerprint density at radius 1 is 1.41 bits per heavy atom. The monoisotopic (exact) mass is 374 g/mol. The van der Waals surface area contributed by atoms with Crippen LogP contribution in [0.3, 0.4) is 0 Å². The van der Waals surface area contributed by atoms with Gasteiger partial charge in [0, 0.05) is 39.3 Å². The summed E-state index contributed by atoms with van der Waals surface area (Å²) in [7, 11) is 3.94. The van der Waals surface area contributed by atoms with E-state index in [0.717, 1.165) is 38.4 Å². The molecule has 1 aliphatic rings. The molecule has 1 N–H and O–H groups in total. The number of nitrogens with one attached hydrogen (secondary N) is 1. The van der Waals surface area contributed by atoms with Gasteiger partial charge in [-0.1, -0.05) is 30.3 Å². The second kappa shape index (κ2) is 10.9. The normalized spacial score (nSPS) is 19.1. The van der Waals surface area contributed by atoms with E-state index in [4.69, 9.17) is 4.74 Å². The molecule has 2 unspecified atom stereocenters. The maximum absolute atomic E-state index is 12.1. The van der Waals surface area contributed by atoms with Crippen molar-refractivity contribution in [1.82, 2.24) is 15.1 Å². The molecule has 6 nitrogen and oxygen atoms in total. The van der Waals surface area contributed by atoms with E-state index in [-0.39, 0.29) is 11.9 Å². The summed E-state index contributed by atoms with van der Waals surface area (Å²) in [6.07, 6.45) is 1.87. The van der Waals surface area contributed by atoms with Crippen LogP contribution < -0.4 is 5.32 Å². The first-order valence-electron chi connectivity index (χ1n) is 9.91. The summed E-state index contributed by atoms with van der Waals surface area (Å²) in [5.41, 5.74) is 1.31. The highest BCUT2D eigenvalue weighted by Crippen LogP contribution is 2.18. The number of piperidine rings is 1. The summed E-state index contributed by atoms with van der Waals surface area (Å²) in [5, 5.41) is 3.48. The number of carbonyl (C=O) groups excluding carboxylic acids is 1. The van der Waals surface area contributed by atoms with Gasteiger partial charge in [-0.3, -0.25) is 14.7 Å². The molecule has 0 bridgehead atoms. The molecule has 2 atom stereocenters. The van der Waals surface area contributed by atoms with Gasteiger partial charge in [-0.15, -0.1) is 0 Å². The minimum absolute atomic E-state index is 0.0598. The third-order valence-corrected chi connectivity index (χ3v) is 5.14. The molecule has 0 aromatic heterocycles. The minimum atomic E-state index is -0.0892. The number of likely N-dealkylation sites (N-methyl/N-ethyl adjacent to an activating group) is 1. The lowest BCUT2D eigenvalue weighted by Crippen LogP contribution is -2.50. The highest BCUT2D eigenvalue weighted by Gasteiger charge is 2.28. The van der Waals surface area contributed by atoms with Gasteiger partial charge in [0.05, 0.1) is 12.5 Å². The van der Waals surface area contributed by atoms with Crippen LogP contribution in [0.1, 0.15) is 32.3 Å². The second-order valence-corrected chi connectivity index (χ2v) is 7.22. The van der Waals surface area contributed by atoms with Crippen LogP contribution in [-0.2, 0) is 16.1 Å². The Labute approximate surface area is 163 Å². The first kappa shape index (κ1) is 21.2. The van der Waals surface area contributed by atoms with Crippen LogP contribution in [0.2, 0.25) is 0 Å². The number of aliphatic imine (C=N–C) groups is 1. The minimum Gasteiger partial charge on any atom is -0.466 e. The fourth-order valence-corrected chi connectivity index (χ4v) is 3.38. The Kier molecular flexibility index (Phi) is 8.58. The van der Waals surface area contributed by atoms with E-state index >= 15 is 0 Å². The summed E-state index contributed by atoms with van der Waals surface area (Å²) in [5.74, 6) is 0.716. The topological polar surface area (TPSA) is 57.2 Å². The van der Waals surface area contributed by atoms with Gasteiger partial charge in [0.15, 0.2) is 5.96 Å². The Hall–Kier alpha value is -2.08. The third kappa shape index (κ3) is 6.54. The Balaban J connectivity index is 1.84. The van der Waals surface area contributed by atoms with E-state index < -0.39 is 0 Å². The van der Waals surface area contributed by atoms with Crippen LogP contribution in [0.25, 0.3) is 0 Å². The number of guanidine groups is 1. The molecule has 1 saturated heterocycles. The molecule has 1 aliphatic heterocycles. The number of esters is 1. The molecule has 2 rings (SSSR count). The van der Waals surface area contributed by atoms with Crippen LogP contribution in [0, 0.1) is 5.92 Å². The molecule has 0 aliphatic carbocycles. The largest absolute Gasteiger partial charge is 0.466 e. The average molecular weight is 375 g/mol. The van der Waals surface area contributed by atoms with Crippen LogP contribution in [-0.4, -0.2) is 68.1 Å². The van der Waals surface area contributed by atoms with Crippen molar-refractivity contribution in [3.8, 4) is 0 Å². The van der Waals surface area contributed by atoms with Crippen molar-refractivity contribution >= 4 is 11.9 Å². The number of nitrogens with zero attached hydrogens (tertiary/aromatic N) is 3. The van der Waals surface area contributed by atoms with E-state index in [2.05, 4.69) is 58.3 Å². The predicted molar refractivity (Wildman–Crippen MR) is 110 cm³/mol. The number of hydrogen-bond acceptors (Lipinski definition) is 4. The number of ether oxygens (including phenoxy) is 1. The molecular formula is C21H34N4O2. The molecular weight excluding hydrogens is 340 g/mol. The van der Waals surface area contributed by atoms with Gasteiger partial charge in [-0.25, -0.2) is 0 Å². The fourth-order valence-electron chi connectivity index (χ4n) is 3.38. The van der Waals surface area contributed by atoms with Gasteiger partial charge >= 0.3 is 5.97 Å². The van der Waals surface area contributed by atoms with Gasteiger partial charge in [0.25, 0.3) is 0 Å². The maximum atomic E-state index is 12.1. The van der Waals surface area contributed by atoms with Crippen molar-refractivity contribution in [2.75, 3.05) is 40.3 Å². The lowest BCUT2D eigenvalue weighted by molar-refractivity contribution is -0.149. The standard InChI is InChI=1S/C21H34N4O2/c1-5-27-20(26)19-12-9-13-25(16-19)21(22-3)23-14-17(2)24(4)15-18-10-7-6-8-11-18/h6-8,10-11,17,19H,5,9,12-16H2,1-4H3,(H,22,23). The highest BCUT2D eigenvalue weighted by molar-refractivity contribution is 5.81. The summed E-state index contributed by atoms with van der Waals surface area (Å²) >= 11 is 0. The van der Waals surface area contributed by atoms with Crippen LogP contribution in [0.15, 0.2) is 35.3 Å². The lowest BCUT2D eigenvalue weighted by atomic mass is 9.98. The van der Waals surface area contributed by atoms with Crippen LogP contribution in [0.4, 0.5) is 0 Å². The van der Waals surface area contributed by atoms with Gasteiger partial charge in [-0.2, -0.15) is 0 Å². The number of hydrogen-bond donors (Lipinski definition) is 1. The first-order valence-corrected chi connectivity index (χ1v) is 9.91. The maximum Gasteiger partial charge on any atom is 0.310 e. The molecule has 1 heterocycles. The molecule has 27 heavy (non-hydrogen) atoms. The Morgan fingerprint density at radius 3 is 2.81 bits per heavy atom. The summed E-state index contributed by atoms with van der Waals surface area (Å²) in [6.45, 7) is 7.81. The first-order chi connectivity index (χ1) is 13.0. The summed E-state index contributed by atoms with van der Waals surface area (Å²) < 4.78 is 5.20. The van der Waals surface area contributed by atoms with Crippen molar-refractivity contribution in [2.24, 2.45) is 10.9 Å². The highest BCUT2D eigenvalue weighted by atomic mass is 16.5. The van der Waals surface area contributed by atoms with Crippen LogP contribution >= 0.6 is 0 Å². The molecule has 1 aromatic carbocycles. The van der Waals surface area contributed by atoms with E-state index in [1.54, 1.807) is 7.05 Å². The zero-order valence-electron chi connectivity index (χ0n) is 17.1. The molecule has 0 amide bonds. The smallest absolute Gasteiger partial charge is 0.310 e. The SMILES string of the molecule is CCOC(=O)C1CCCN(C(=NC)NCC(C)N(C)Cc2ccccc2)C1. The van der Waals surface area contributed by atoms with Gasteiger partial charge in [-0.05, 0) is 39.3 Å². The van der Waals surface area contributed by atoms with Crippen LogP contribution in [0.5, 0.6) is 0 Å². The average Bonchev–Trinajstić information content (AvgIpc) is 2.69. The van der Waals surface area contributed by atoms with E-state index in [1.807, 2.05) is 13.0 Å². The summed E-state index contributed by atoms with van der Waals surface area (Å²) in [6, 6.07) is 10.8. The van der Waals surface area contributed by atoms with Gasteiger partial charge in [0.2, 0.25) is 0 Å². The van der Waals surface area contributed by atoms with E-state index in [9.17, 15) is 4.79 Å². The molecule has 0 spiro atoms. The number of benzene rings is 1. The van der Waals surface area contributed by atoms with Gasteiger partial charge < -0.3 is 15.0 Å². The number of carbonyl (C=O) groups is 1. The van der Waals surface area contributed by atoms with Crippen molar-refractivity contribution in [3.05, 3.63) is 35.9 Å². The van der Waals surface area contributed by atoms with Crippen molar-refractivity contribution in [3.63, 3.8) is 0 Å². The Morgan fingerprint density at radius 2 is 2.15 bits per heavy atom. The third-order valence-electron chi connectivity index (χ3n) is 5.14. The van der Waals surface area contributed by atoms with Crippen molar-refractivity contribution < 1.29 is 9.53 Å². The van der Waals surface area contributed by atoms with Crippen molar-refractivity contribution in [2.45, 2.75) is 39.3 Å². The fraction of sp³-hybridized carbons (Fsp3) is 0.619. The molecule has 1 aromatic rings. The second-order valence-electron chi connectivity index (χ2n) is 7.22. The number of likely N-dealkylation sites (tertiary alicyclic amines) is 1. The zero-order chi connectivity index (χ0) is 19.6. The summed E-state index contributed by atoms with van der Waals surface area (Å²) in [4.78, 5) is 21.0. The lowest BCUT2D eigenvalue weighted by Gasteiger charge is -2.35. The zero-order valence-corrected chi connectivity index (χ0v) is 17.1. The van der Waals surface area contributed by atoms with E-state index in [0.29, 0.717) is 19.2 Å². The molecule has 0 radical (unpaired) electrons. The van der Waals surface area contributed by atoms with Gasteiger partial charge in [0.1, 0.15) is 0 Å².